The van der Waals surface area contributed by atoms with Crippen molar-refractivity contribution < 1.29 is 4.74 Å². The maximum Gasteiger partial charge on any atom is 0.180 e. The van der Waals surface area contributed by atoms with Crippen LogP contribution in [0.25, 0.3) is 11.5 Å². The zero-order chi connectivity index (χ0) is 18.9. The van der Waals surface area contributed by atoms with Gasteiger partial charge in [0.1, 0.15) is 17.3 Å². The number of hydrogen-bond donors (Lipinski definition) is 0. The highest BCUT2D eigenvalue weighted by Gasteiger charge is 2.25. The molecule has 0 N–H and O–H groups in total. The van der Waals surface area contributed by atoms with Gasteiger partial charge in [0.2, 0.25) is 0 Å². The first kappa shape index (κ1) is 17.2. The third-order valence-electron chi connectivity index (χ3n) is 5.84. The normalized spacial score (nSPS) is 15.7. The zero-order valence-corrected chi connectivity index (χ0v) is 16.2. The Balaban J connectivity index is 1.52. The largest absolute Gasteiger partial charge is 0.496 e. The molecule has 1 aliphatic heterocycles. The molecule has 2 aromatic heterocycles. The number of benzene rings is 1. The predicted molar refractivity (Wildman–Crippen MR) is 110 cm³/mol. The molecule has 0 radical (unpaired) electrons. The molecule has 3 aromatic rings. The number of rotatable bonds is 3. The van der Waals surface area contributed by atoms with Crippen molar-refractivity contribution in [3.05, 3.63) is 65.0 Å². The van der Waals surface area contributed by atoms with E-state index in [9.17, 15) is 0 Å². The minimum atomic E-state index is 0.746. The molecule has 0 saturated heterocycles. The average molecular weight is 372 g/mol. The summed E-state index contributed by atoms with van der Waals surface area (Å²) < 4.78 is 5.61. The lowest BCUT2D eigenvalue weighted by Gasteiger charge is -2.24. The summed E-state index contributed by atoms with van der Waals surface area (Å²) in [5, 5.41) is 0. The maximum atomic E-state index is 5.61. The van der Waals surface area contributed by atoms with Gasteiger partial charge in [-0.25, -0.2) is 9.97 Å². The molecule has 0 bridgehead atoms. The minimum absolute atomic E-state index is 0.746. The van der Waals surface area contributed by atoms with E-state index in [1.54, 1.807) is 13.3 Å². The molecule has 2 aliphatic rings. The fourth-order valence-corrected chi connectivity index (χ4v) is 4.43. The lowest BCUT2D eigenvalue weighted by Crippen LogP contribution is -2.28. The van der Waals surface area contributed by atoms with Crippen LogP contribution in [0.15, 0.2) is 42.6 Å². The molecule has 0 spiro atoms. The van der Waals surface area contributed by atoms with Crippen LogP contribution in [0.2, 0.25) is 0 Å². The first-order valence-corrected chi connectivity index (χ1v) is 10.0. The summed E-state index contributed by atoms with van der Waals surface area (Å²) in [7, 11) is 1.76. The molecule has 0 fully saturated rings. The van der Waals surface area contributed by atoms with Gasteiger partial charge >= 0.3 is 0 Å². The third kappa shape index (κ3) is 3.01. The molecule has 5 heteroatoms. The van der Waals surface area contributed by atoms with E-state index in [1.165, 1.54) is 22.4 Å². The summed E-state index contributed by atoms with van der Waals surface area (Å²) in [6.45, 7) is 1.91. The van der Waals surface area contributed by atoms with Crippen molar-refractivity contribution in [3.63, 3.8) is 0 Å². The lowest BCUT2D eigenvalue weighted by atomic mass is 10.0. The molecule has 142 valence electrons. The number of pyridine rings is 1. The molecule has 28 heavy (non-hydrogen) atoms. The highest BCUT2D eigenvalue weighted by Crippen LogP contribution is 2.33. The van der Waals surface area contributed by atoms with Crippen molar-refractivity contribution >= 4 is 5.82 Å². The van der Waals surface area contributed by atoms with Crippen LogP contribution in [-0.2, 0) is 25.7 Å². The van der Waals surface area contributed by atoms with Crippen molar-refractivity contribution in [2.75, 3.05) is 25.1 Å². The number of anilines is 1. The van der Waals surface area contributed by atoms with Crippen LogP contribution in [0, 0.1) is 0 Å². The van der Waals surface area contributed by atoms with Gasteiger partial charge in [-0.1, -0.05) is 18.2 Å². The van der Waals surface area contributed by atoms with E-state index >= 15 is 0 Å². The highest BCUT2D eigenvalue weighted by atomic mass is 16.5. The molecule has 0 saturated carbocycles. The van der Waals surface area contributed by atoms with Crippen molar-refractivity contribution in [1.82, 2.24) is 15.0 Å². The first-order chi connectivity index (χ1) is 13.8. The Hall–Kier alpha value is -2.95. The standard InChI is InChI=1S/C23H24N4O/c1-28-21-10-4-6-16-11-14-27(15-12-17(16)21)23-18-7-5-9-19(18)25-22(26-23)20-8-2-3-13-24-20/h2-4,6,8,10,13H,5,7,9,11-12,14-15H2,1H3. The molecule has 1 aromatic carbocycles. The summed E-state index contributed by atoms with van der Waals surface area (Å²) in [6, 6.07) is 12.3. The van der Waals surface area contributed by atoms with Gasteiger partial charge in [0.25, 0.3) is 0 Å². The lowest BCUT2D eigenvalue weighted by molar-refractivity contribution is 0.409. The van der Waals surface area contributed by atoms with Gasteiger partial charge in [0.05, 0.1) is 7.11 Å². The van der Waals surface area contributed by atoms with Gasteiger partial charge in [-0.2, -0.15) is 0 Å². The molecule has 0 unspecified atom stereocenters. The third-order valence-corrected chi connectivity index (χ3v) is 5.84. The zero-order valence-electron chi connectivity index (χ0n) is 16.2. The van der Waals surface area contributed by atoms with Crippen molar-refractivity contribution in [1.29, 1.82) is 0 Å². The van der Waals surface area contributed by atoms with Crippen LogP contribution in [0.5, 0.6) is 5.75 Å². The fourth-order valence-electron chi connectivity index (χ4n) is 4.43. The summed E-state index contributed by atoms with van der Waals surface area (Å²) >= 11 is 0. The molecule has 0 amide bonds. The number of aryl methyl sites for hydroxylation is 1. The van der Waals surface area contributed by atoms with Crippen molar-refractivity contribution in [2.24, 2.45) is 0 Å². The second-order valence-electron chi connectivity index (χ2n) is 7.45. The number of fused-ring (bicyclic) bond motifs is 2. The number of nitrogens with zero attached hydrogens (tertiary/aromatic N) is 4. The molecule has 5 rings (SSSR count). The number of methoxy groups -OCH3 is 1. The van der Waals surface area contributed by atoms with Crippen LogP contribution in [0.1, 0.15) is 28.8 Å². The highest BCUT2D eigenvalue weighted by molar-refractivity contribution is 5.59. The maximum absolute atomic E-state index is 5.61. The quantitative estimate of drug-likeness (QED) is 0.703. The van der Waals surface area contributed by atoms with Crippen molar-refractivity contribution in [2.45, 2.75) is 32.1 Å². The van der Waals surface area contributed by atoms with E-state index in [2.05, 4.69) is 28.1 Å². The number of ether oxygens (including phenoxy) is 1. The number of hydrogen-bond acceptors (Lipinski definition) is 5. The smallest absolute Gasteiger partial charge is 0.180 e. The van der Waals surface area contributed by atoms with Gasteiger partial charge in [-0.05, 0) is 61.4 Å². The van der Waals surface area contributed by atoms with Crippen LogP contribution in [0.4, 0.5) is 5.82 Å². The molecule has 3 heterocycles. The predicted octanol–water partition coefficient (Wildman–Crippen LogP) is 3.64. The Labute approximate surface area is 165 Å². The average Bonchev–Trinajstić information content (AvgIpc) is 3.12. The van der Waals surface area contributed by atoms with Gasteiger partial charge < -0.3 is 9.64 Å². The molecule has 0 atom stereocenters. The monoisotopic (exact) mass is 372 g/mol. The minimum Gasteiger partial charge on any atom is -0.496 e. The van der Waals surface area contributed by atoms with Crippen LogP contribution < -0.4 is 9.64 Å². The van der Waals surface area contributed by atoms with E-state index in [-0.39, 0.29) is 0 Å². The van der Waals surface area contributed by atoms with Crippen LogP contribution in [-0.4, -0.2) is 35.2 Å². The Morgan fingerprint density at radius 2 is 1.82 bits per heavy atom. The Kier molecular flexibility index (Phi) is 4.43. The molecular formula is C23H24N4O. The fraction of sp³-hybridized carbons (Fsp3) is 0.348. The number of aromatic nitrogens is 3. The van der Waals surface area contributed by atoms with Crippen LogP contribution >= 0.6 is 0 Å². The van der Waals surface area contributed by atoms with Gasteiger partial charge in [0, 0.05) is 30.5 Å². The van der Waals surface area contributed by atoms with E-state index in [0.717, 1.165) is 68.3 Å². The summed E-state index contributed by atoms with van der Waals surface area (Å²) in [5.41, 5.74) is 6.10. The van der Waals surface area contributed by atoms with Crippen LogP contribution in [0.3, 0.4) is 0 Å². The van der Waals surface area contributed by atoms with E-state index in [0.29, 0.717) is 0 Å². The Morgan fingerprint density at radius 3 is 2.68 bits per heavy atom. The molecule has 1 aliphatic carbocycles. The molecular weight excluding hydrogens is 348 g/mol. The van der Waals surface area contributed by atoms with Crippen molar-refractivity contribution in [3.8, 4) is 17.3 Å². The Morgan fingerprint density at radius 1 is 0.893 bits per heavy atom. The first-order valence-electron chi connectivity index (χ1n) is 10.0. The topological polar surface area (TPSA) is 51.1 Å². The summed E-state index contributed by atoms with van der Waals surface area (Å²) in [6.07, 6.45) is 7.04. The SMILES string of the molecule is COc1cccc2c1CCN(c1nc(-c3ccccn3)nc3c1CCC3)CC2. The summed E-state index contributed by atoms with van der Waals surface area (Å²) in [4.78, 5) is 16.8. The molecule has 5 nitrogen and oxygen atoms in total. The summed E-state index contributed by atoms with van der Waals surface area (Å²) in [5.74, 6) is 2.85. The second-order valence-corrected chi connectivity index (χ2v) is 7.45. The van der Waals surface area contributed by atoms with E-state index in [1.807, 2.05) is 18.2 Å². The Bertz CT molecular complexity index is 1000. The van der Waals surface area contributed by atoms with Gasteiger partial charge in [-0.3, -0.25) is 4.98 Å². The second kappa shape index (κ2) is 7.23. The van der Waals surface area contributed by atoms with E-state index in [4.69, 9.17) is 14.7 Å². The van der Waals surface area contributed by atoms with E-state index < -0.39 is 0 Å². The van der Waals surface area contributed by atoms with Gasteiger partial charge in [0.15, 0.2) is 5.82 Å². The van der Waals surface area contributed by atoms with Gasteiger partial charge in [-0.15, -0.1) is 0 Å².